The summed E-state index contributed by atoms with van der Waals surface area (Å²) in [6.07, 6.45) is 8.02. The Morgan fingerprint density at radius 1 is 1.19 bits per heavy atom. The Morgan fingerprint density at radius 2 is 1.93 bits per heavy atom. The van der Waals surface area contributed by atoms with Crippen molar-refractivity contribution in [3.63, 3.8) is 0 Å². The number of carbonyl (C=O) groups is 2. The van der Waals surface area contributed by atoms with E-state index in [-0.39, 0.29) is 17.7 Å². The Kier molecular flexibility index (Phi) is 5.19. The summed E-state index contributed by atoms with van der Waals surface area (Å²) in [4.78, 5) is 26.8. The molecule has 2 aromatic rings. The summed E-state index contributed by atoms with van der Waals surface area (Å²) in [5.41, 5.74) is 4.66. The van der Waals surface area contributed by atoms with Gasteiger partial charge in [-0.3, -0.25) is 9.59 Å². The number of amides is 2. The molecule has 2 aliphatic rings. The summed E-state index contributed by atoms with van der Waals surface area (Å²) in [7, 11) is 0. The van der Waals surface area contributed by atoms with Crippen molar-refractivity contribution in [2.75, 3.05) is 19.6 Å². The first-order chi connectivity index (χ1) is 13.2. The molecule has 144 valence electrons. The number of fused-ring (bicyclic) bond motifs is 2. The smallest absolute Gasteiger partial charge is 0.227 e. The molecule has 1 aliphatic heterocycles. The normalized spacial score (nSPS) is 17.3. The van der Waals surface area contributed by atoms with Gasteiger partial charge in [-0.25, -0.2) is 0 Å². The van der Waals surface area contributed by atoms with Gasteiger partial charge in [-0.15, -0.1) is 0 Å². The zero-order chi connectivity index (χ0) is 18.8. The van der Waals surface area contributed by atoms with Crippen molar-refractivity contribution >= 4 is 22.8 Å². The molecular weight excluding hydrogens is 340 g/mol. The number of nitrogens with one attached hydrogen (secondary N) is 1. The third kappa shape index (κ3) is 3.73. The zero-order valence-electron chi connectivity index (χ0n) is 16.1. The summed E-state index contributed by atoms with van der Waals surface area (Å²) >= 11 is 0. The van der Waals surface area contributed by atoms with Gasteiger partial charge in [0.2, 0.25) is 11.8 Å². The average Bonchev–Trinajstić information content (AvgIpc) is 3.31. The van der Waals surface area contributed by atoms with Gasteiger partial charge in [0.1, 0.15) is 5.58 Å². The van der Waals surface area contributed by atoms with E-state index >= 15 is 0 Å². The summed E-state index contributed by atoms with van der Waals surface area (Å²) < 4.78 is 5.72. The maximum Gasteiger partial charge on any atom is 0.227 e. The molecule has 4 rings (SSSR count). The third-order valence-electron chi connectivity index (χ3n) is 5.98. The number of aryl methyl sites for hydroxylation is 2. The molecule has 1 aromatic carbocycles. The molecule has 1 saturated heterocycles. The number of nitrogens with zero attached hydrogens (tertiary/aromatic N) is 1. The first kappa shape index (κ1) is 18.1. The van der Waals surface area contributed by atoms with Gasteiger partial charge in [0, 0.05) is 36.5 Å². The molecule has 0 atom stereocenters. The highest BCUT2D eigenvalue weighted by Crippen LogP contribution is 2.31. The maximum absolute atomic E-state index is 12.8. The number of hydrogen-bond donors (Lipinski definition) is 1. The van der Waals surface area contributed by atoms with E-state index in [1.54, 1.807) is 6.26 Å². The van der Waals surface area contributed by atoms with E-state index in [0.717, 1.165) is 55.2 Å². The monoisotopic (exact) mass is 368 g/mol. The first-order valence-corrected chi connectivity index (χ1v) is 10.2. The number of piperidine rings is 1. The fraction of sp³-hybridized carbons (Fsp3) is 0.545. The van der Waals surface area contributed by atoms with Gasteiger partial charge in [-0.2, -0.15) is 0 Å². The lowest BCUT2D eigenvalue weighted by Gasteiger charge is -2.31. The lowest BCUT2D eigenvalue weighted by Crippen LogP contribution is -2.43. The van der Waals surface area contributed by atoms with Crippen molar-refractivity contribution in [2.24, 2.45) is 5.92 Å². The standard InChI is InChI=1S/C22H28N2O3/c1-2-8-23-22(26)15-6-9-24(10-7-15)21(25)13-18-14-27-20-12-17-5-3-4-16(17)11-19(18)20/h11-12,14-15H,2-10,13H2,1H3,(H,23,26). The van der Waals surface area contributed by atoms with E-state index in [9.17, 15) is 9.59 Å². The van der Waals surface area contributed by atoms with Gasteiger partial charge in [0.25, 0.3) is 0 Å². The van der Waals surface area contributed by atoms with Crippen molar-refractivity contribution in [3.8, 4) is 0 Å². The van der Waals surface area contributed by atoms with E-state index in [2.05, 4.69) is 24.4 Å². The largest absolute Gasteiger partial charge is 0.464 e. The zero-order valence-corrected chi connectivity index (χ0v) is 16.1. The minimum Gasteiger partial charge on any atom is -0.464 e. The van der Waals surface area contributed by atoms with Gasteiger partial charge in [0.05, 0.1) is 12.7 Å². The van der Waals surface area contributed by atoms with Crippen LogP contribution in [0.1, 0.15) is 49.3 Å². The van der Waals surface area contributed by atoms with Gasteiger partial charge < -0.3 is 14.6 Å². The number of hydrogen-bond acceptors (Lipinski definition) is 3. The van der Waals surface area contributed by atoms with Crippen LogP contribution in [-0.2, 0) is 28.9 Å². The molecule has 1 aromatic heterocycles. The van der Waals surface area contributed by atoms with Crippen molar-refractivity contribution in [2.45, 2.75) is 51.9 Å². The lowest BCUT2D eigenvalue weighted by molar-refractivity contribution is -0.135. The Morgan fingerprint density at radius 3 is 2.67 bits per heavy atom. The quantitative estimate of drug-likeness (QED) is 0.881. The van der Waals surface area contributed by atoms with Crippen LogP contribution in [0.15, 0.2) is 22.8 Å². The number of furan rings is 1. The van der Waals surface area contributed by atoms with Gasteiger partial charge in [0.15, 0.2) is 0 Å². The van der Waals surface area contributed by atoms with E-state index < -0.39 is 0 Å². The second-order valence-corrected chi connectivity index (χ2v) is 7.85. The topological polar surface area (TPSA) is 62.6 Å². The molecule has 2 heterocycles. The van der Waals surface area contributed by atoms with Crippen LogP contribution >= 0.6 is 0 Å². The van der Waals surface area contributed by atoms with Crippen LogP contribution in [0.3, 0.4) is 0 Å². The molecular formula is C22H28N2O3. The van der Waals surface area contributed by atoms with E-state index in [0.29, 0.717) is 19.5 Å². The van der Waals surface area contributed by atoms with Crippen LogP contribution in [-0.4, -0.2) is 36.3 Å². The van der Waals surface area contributed by atoms with Gasteiger partial charge in [-0.1, -0.05) is 6.92 Å². The fourth-order valence-electron chi connectivity index (χ4n) is 4.34. The Labute approximate surface area is 160 Å². The Hall–Kier alpha value is -2.30. The molecule has 27 heavy (non-hydrogen) atoms. The van der Waals surface area contributed by atoms with Crippen molar-refractivity contribution in [1.29, 1.82) is 0 Å². The molecule has 0 radical (unpaired) electrons. The first-order valence-electron chi connectivity index (χ1n) is 10.2. The van der Waals surface area contributed by atoms with Crippen molar-refractivity contribution in [1.82, 2.24) is 10.2 Å². The SMILES string of the molecule is CCCNC(=O)C1CCN(C(=O)Cc2coc3cc4c(cc23)CCC4)CC1. The van der Waals surface area contributed by atoms with Crippen molar-refractivity contribution < 1.29 is 14.0 Å². The molecule has 0 spiro atoms. The molecule has 1 aliphatic carbocycles. The van der Waals surface area contributed by atoms with Crippen LogP contribution in [0, 0.1) is 5.92 Å². The molecule has 0 saturated carbocycles. The van der Waals surface area contributed by atoms with E-state index in [4.69, 9.17) is 4.42 Å². The second-order valence-electron chi connectivity index (χ2n) is 7.85. The minimum atomic E-state index is 0.0398. The van der Waals surface area contributed by atoms with Crippen LogP contribution < -0.4 is 5.32 Å². The average molecular weight is 368 g/mol. The molecule has 1 fully saturated rings. The van der Waals surface area contributed by atoms with Gasteiger partial charge in [-0.05, 0) is 61.8 Å². The number of likely N-dealkylation sites (tertiary alicyclic amines) is 1. The number of rotatable bonds is 5. The summed E-state index contributed by atoms with van der Waals surface area (Å²) in [5, 5.41) is 4.05. The predicted molar refractivity (Wildman–Crippen MR) is 105 cm³/mol. The van der Waals surface area contributed by atoms with Crippen molar-refractivity contribution in [3.05, 3.63) is 35.1 Å². The molecule has 5 heteroatoms. The maximum atomic E-state index is 12.8. The predicted octanol–water partition coefficient (Wildman–Crippen LogP) is 3.23. The highest BCUT2D eigenvalue weighted by Gasteiger charge is 2.27. The molecule has 0 unspecified atom stereocenters. The fourth-order valence-corrected chi connectivity index (χ4v) is 4.34. The van der Waals surface area contributed by atoms with Crippen LogP contribution in [0.4, 0.5) is 0 Å². The summed E-state index contributed by atoms with van der Waals surface area (Å²) in [5.74, 6) is 0.308. The van der Waals surface area contributed by atoms with E-state index in [1.165, 1.54) is 17.5 Å². The summed E-state index contributed by atoms with van der Waals surface area (Å²) in [6, 6.07) is 4.36. The van der Waals surface area contributed by atoms with Crippen LogP contribution in [0.25, 0.3) is 11.0 Å². The number of carbonyl (C=O) groups excluding carboxylic acids is 2. The highest BCUT2D eigenvalue weighted by molar-refractivity contribution is 5.89. The Balaban J connectivity index is 1.37. The van der Waals surface area contributed by atoms with E-state index in [1.807, 2.05) is 4.90 Å². The second kappa shape index (κ2) is 7.75. The van der Waals surface area contributed by atoms with Crippen LogP contribution in [0.2, 0.25) is 0 Å². The van der Waals surface area contributed by atoms with Crippen LogP contribution in [0.5, 0.6) is 0 Å². The summed E-state index contributed by atoms with van der Waals surface area (Å²) in [6.45, 7) is 4.10. The molecule has 0 bridgehead atoms. The third-order valence-corrected chi connectivity index (χ3v) is 5.98. The Bertz CT molecular complexity index is 847. The molecule has 2 amide bonds. The lowest BCUT2D eigenvalue weighted by atomic mass is 9.95. The molecule has 5 nitrogen and oxygen atoms in total. The highest BCUT2D eigenvalue weighted by atomic mass is 16.3. The van der Waals surface area contributed by atoms with Gasteiger partial charge >= 0.3 is 0 Å². The minimum absolute atomic E-state index is 0.0398. The molecule has 1 N–H and O–H groups in total. The number of benzene rings is 1.